The summed E-state index contributed by atoms with van der Waals surface area (Å²) in [6, 6.07) is 15.1. The first kappa shape index (κ1) is 24.5. The van der Waals surface area contributed by atoms with Gasteiger partial charge in [-0.2, -0.15) is 0 Å². The highest BCUT2D eigenvalue weighted by Gasteiger charge is 2.40. The first-order chi connectivity index (χ1) is 15.0. The van der Waals surface area contributed by atoms with E-state index < -0.39 is 0 Å². The fourth-order valence-corrected chi connectivity index (χ4v) is 5.43. The van der Waals surface area contributed by atoms with Crippen molar-refractivity contribution >= 4 is 23.0 Å². The highest BCUT2D eigenvalue weighted by atomic mass is 32.1. The maximum atomic E-state index is 6.04. The van der Waals surface area contributed by atoms with Gasteiger partial charge in [0.2, 0.25) is 0 Å². The van der Waals surface area contributed by atoms with E-state index in [0.29, 0.717) is 19.2 Å². The summed E-state index contributed by atoms with van der Waals surface area (Å²) in [6.07, 6.45) is 2.03. The molecule has 1 fully saturated rings. The number of ether oxygens (including phenoxy) is 1. The van der Waals surface area contributed by atoms with Crippen LogP contribution in [0, 0.1) is 13.8 Å². The summed E-state index contributed by atoms with van der Waals surface area (Å²) in [5.74, 6) is 0.932. The molecular weight excluding hydrogens is 414 g/mol. The molecule has 0 unspecified atom stereocenters. The summed E-state index contributed by atoms with van der Waals surface area (Å²) in [4.78, 5) is 2.37. The molecule has 2 N–H and O–H groups in total. The summed E-state index contributed by atoms with van der Waals surface area (Å²) in [5, 5.41) is 8.12. The van der Waals surface area contributed by atoms with E-state index in [-0.39, 0.29) is 11.1 Å². The molecule has 0 radical (unpaired) electrons. The van der Waals surface area contributed by atoms with E-state index in [2.05, 4.69) is 87.4 Å². The minimum Gasteiger partial charge on any atom is -0.494 e. The average Bonchev–Trinajstić information content (AvgIpc) is 2.67. The van der Waals surface area contributed by atoms with E-state index in [9.17, 15) is 0 Å². The number of para-hydroxylation sites is 1. The van der Waals surface area contributed by atoms with Crippen molar-refractivity contribution in [2.45, 2.75) is 85.0 Å². The maximum Gasteiger partial charge on any atom is 0.173 e. The summed E-state index contributed by atoms with van der Waals surface area (Å²) in [5.41, 5.74) is 4.74. The van der Waals surface area contributed by atoms with Crippen molar-refractivity contribution in [3.8, 4) is 5.75 Å². The molecule has 0 atom stereocenters. The zero-order valence-electron chi connectivity index (χ0n) is 20.7. The Morgan fingerprint density at radius 2 is 1.75 bits per heavy atom. The van der Waals surface area contributed by atoms with E-state index in [4.69, 9.17) is 17.0 Å². The number of nitrogens with zero attached hydrogens (tertiary/aromatic N) is 1. The number of rotatable bonds is 6. The van der Waals surface area contributed by atoms with Crippen molar-refractivity contribution in [2.75, 3.05) is 11.9 Å². The second kappa shape index (κ2) is 9.80. The average molecular weight is 454 g/mol. The standard InChI is InChI=1S/C27H39N3OS/c1-8-31-24-12-10-9-11-21(24)18-30(22-16-26(4,5)29-27(6,7)17-22)25(32)28-23-14-13-19(2)15-20(23)3/h9-15,22,29H,8,16-18H2,1-7H3,(H,28,32). The van der Waals surface area contributed by atoms with E-state index in [1.54, 1.807) is 0 Å². The second-order valence-electron chi connectivity index (χ2n) is 10.4. The van der Waals surface area contributed by atoms with Gasteiger partial charge in [-0.05, 0) is 91.2 Å². The van der Waals surface area contributed by atoms with E-state index in [1.807, 2.05) is 19.1 Å². The third-order valence-corrected chi connectivity index (χ3v) is 6.44. The SMILES string of the molecule is CCOc1ccccc1CN(C(=S)Nc1ccc(C)cc1C)C1CC(C)(C)NC(C)(C)C1. The number of thiocarbonyl (C=S) groups is 1. The Morgan fingerprint density at radius 1 is 1.09 bits per heavy atom. The second-order valence-corrected chi connectivity index (χ2v) is 10.8. The van der Waals surface area contributed by atoms with Crippen molar-refractivity contribution in [2.24, 2.45) is 0 Å². The Balaban J connectivity index is 1.94. The van der Waals surface area contributed by atoms with Crippen LogP contribution in [-0.2, 0) is 6.54 Å². The Hall–Kier alpha value is -2.11. The van der Waals surface area contributed by atoms with Crippen molar-refractivity contribution in [1.82, 2.24) is 10.2 Å². The summed E-state index contributed by atoms with van der Waals surface area (Å²) in [7, 11) is 0. The lowest BCUT2D eigenvalue weighted by Gasteiger charge is -2.50. The van der Waals surface area contributed by atoms with Gasteiger partial charge in [0.05, 0.1) is 6.61 Å². The van der Waals surface area contributed by atoms with Crippen LogP contribution in [0.15, 0.2) is 42.5 Å². The minimum atomic E-state index is 0.0273. The Labute approximate surface area is 199 Å². The molecule has 32 heavy (non-hydrogen) atoms. The minimum absolute atomic E-state index is 0.0273. The number of anilines is 1. The first-order valence-electron chi connectivity index (χ1n) is 11.6. The monoisotopic (exact) mass is 453 g/mol. The molecular formula is C27H39N3OS. The molecule has 0 aliphatic carbocycles. The van der Waals surface area contributed by atoms with Gasteiger partial charge in [0.1, 0.15) is 5.75 Å². The van der Waals surface area contributed by atoms with Crippen LogP contribution in [0.2, 0.25) is 0 Å². The normalized spacial score (nSPS) is 17.6. The number of nitrogens with one attached hydrogen (secondary N) is 2. The first-order valence-corrected chi connectivity index (χ1v) is 12.1. The molecule has 4 nitrogen and oxygen atoms in total. The Kier molecular flexibility index (Phi) is 7.51. The number of hydrogen-bond acceptors (Lipinski definition) is 3. The lowest BCUT2D eigenvalue weighted by atomic mass is 9.79. The fourth-order valence-electron chi connectivity index (χ4n) is 5.11. The number of hydrogen-bond donors (Lipinski definition) is 2. The van der Waals surface area contributed by atoms with E-state index in [0.717, 1.165) is 35.0 Å². The van der Waals surface area contributed by atoms with Crippen LogP contribution in [0.25, 0.3) is 0 Å². The molecule has 0 aromatic heterocycles. The summed E-state index contributed by atoms with van der Waals surface area (Å²) in [6.45, 7) is 16.8. The summed E-state index contributed by atoms with van der Waals surface area (Å²) < 4.78 is 5.93. The van der Waals surface area contributed by atoms with Crippen LogP contribution in [0.4, 0.5) is 5.69 Å². The molecule has 3 rings (SSSR count). The van der Waals surface area contributed by atoms with Gasteiger partial charge in [0.15, 0.2) is 5.11 Å². The molecule has 174 valence electrons. The molecule has 1 aliphatic heterocycles. The molecule has 5 heteroatoms. The van der Waals surface area contributed by atoms with Gasteiger partial charge in [-0.1, -0.05) is 35.9 Å². The largest absolute Gasteiger partial charge is 0.494 e. The van der Waals surface area contributed by atoms with Crippen molar-refractivity contribution < 1.29 is 4.74 Å². The molecule has 0 bridgehead atoms. The smallest absolute Gasteiger partial charge is 0.173 e. The zero-order chi connectivity index (χ0) is 23.5. The van der Waals surface area contributed by atoms with Gasteiger partial charge in [0, 0.05) is 34.9 Å². The molecule has 0 spiro atoms. The molecule has 0 amide bonds. The number of benzene rings is 2. The van der Waals surface area contributed by atoms with Crippen LogP contribution in [0.5, 0.6) is 5.75 Å². The van der Waals surface area contributed by atoms with Gasteiger partial charge in [-0.15, -0.1) is 0 Å². The van der Waals surface area contributed by atoms with Crippen molar-refractivity contribution in [1.29, 1.82) is 0 Å². The Morgan fingerprint density at radius 3 is 2.38 bits per heavy atom. The van der Waals surface area contributed by atoms with Crippen LogP contribution in [0.1, 0.15) is 64.2 Å². The molecule has 1 heterocycles. The summed E-state index contributed by atoms with van der Waals surface area (Å²) >= 11 is 6.04. The van der Waals surface area contributed by atoms with Crippen molar-refractivity contribution in [3.63, 3.8) is 0 Å². The van der Waals surface area contributed by atoms with Gasteiger partial charge in [0.25, 0.3) is 0 Å². The van der Waals surface area contributed by atoms with Crippen LogP contribution < -0.4 is 15.4 Å². The van der Waals surface area contributed by atoms with Crippen molar-refractivity contribution in [3.05, 3.63) is 59.2 Å². The van der Waals surface area contributed by atoms with Crippen LogP contribution in [0.3, 0.4) is 0 Å². The lowest BCUT2D eigenvalue weighted by molar-refractivity contribution is 0.101. The molecule has 1 aliphatic rings. The predicted octanol–water partition coefficient (Wildman–Crippen LogP) is 6.21. The third kappa shape index (κ3) is 6.23. The van der Waals surface area contributed by atoms with Crippen LogP contribution >= 0.6 is 12.2 Å². The third-order valence-electron chi connectivity index (χ3n) is 6.11. The lowest BCUT2D eigenvalue weighted by Crippen LogP contribution is -2.63. The fraction of sp³-hybridized carbons (Fsp3) is 0.519. The highest BCUT2D eigenvalue weighted by Crippen LogP contribution is 2.34. The molecule has 2 aromatic carbocycles. The van der Waals surface area contributed by atoms with Crippen LogP contribution in [-0.4, -0.2) is 33.7 Å². The molecule has 1 saturated heterocycles. The quantitative estimate of drug-likeness (QED) is 0.509. The van der Waals surface area contributed by atoms with Gasteiger partial charge in [-0.25, -0.2) is 0 Å². The van der Waals surface area contributed by atoms with E-state index >= 15 is 0 Å². The molecule has 2 aromatic rings. The predicted molar refractivity (Wildman–Crippen MR) is 140 cm³/mol. The van der Waals surface area contributed by atoms with Gasteiger partial charge in [-0.3, -0.25) is 0 Å². The zero-order valence-corrected chi connectivity index (χ0v) is 21.5. The number of aryl methyl sites for hydroxylation is 2. The highest BCUT2D eigenvalue weighted by molar-refractivity contribution is 7.80. The maximum absolute atomic E-state index is 6.04. The molecule has 0 saturated carbocycles. The van der Waals surface area contributed by atoms with E-state index in [1.165, 1.54) is 11.1 Å². The Bertz CT molecular complexity index is 938. The topological polar surface area (TPSA) is 36.5 Å². The van der Waals surface area contributed by atoms with Gasteiger partial charge < -0.3 is 20.3 Å². The van der Waals surface area contributed by atoms with Gasteiger partial charge >= 0.3 is 0 Å². The number of piperidine rings is 1.